The van der Waals surface area contributed by atoms with E-state index in [1.165, 1.54) is 25.8 Å². The van der Waals surface area contributed by atoms with Crippen molar-refractivity contribution in [1.82, 2.24) is 20.5 Å². The Balaban J connectivity index is 0.00000261. The van der Waals surface area contributed by atoms with Gasteiger partial charge in [0.1, 0.15) is 5.82 Å². The Bertz CT molecular complexity index is 614. The summed E-state index contributed by atoms with van der Waals surface area (Å²) >= 11 is 6.27. The molecule has 2 saturated heterocycles. The smallest absolute Gasteiger partial charge is 0.191 e. The van der Waals surface area contributed by atoms with Crippen LogP contribution in [0.15, 0.2) is 23.3 Å². The van der Waals surface area contributed by atoms with Gasteiger partial charge in [0.2, 0.25) is 0 Å². The zero-order chi connectivity index (χ0) is 18.4. The molecule has 0 saturated carbocycles. The second-order valence-electron chi connectivity index (χ2n) is 7.26. The molecule has 27 heavy (non-hydrogen) atoms. The summed E-state index contributed by atoms with van der Waals surface area (Å²) in [5, 5.41) is 7.72. The Hall–Kier alpha value is -0.800. The van der Waals surface area contributed by atoms with E-state index < -0.39 is 0 Å². The predicted molar refractivity (Wildman–Crippen MR) is 125 cm³/mol. The van der Waals surface area contributed by atoms with Gasteiger partial charge in [-0.2, -0.15) is 0 Å². The van der Waals surface area contributed by atoms with Crippen molar-refractivity contribution in [3.8, 4) is 0 Å². The van der Waals surface area contributed by atoms with Gasteiger partial charge < -0.3 is 15.5 Å². The summed E-state index contributed by atoms with van der Waals surface area (Å²) in [5.74, 6) is 1.76. The molecule has 6 nitrogen and oxygen atoms in total. The highest BCUT2D eigenvalue weighted by atomic mass is 127. The molecule has 0 bridgehead atoms. The monoisotopic (exact) mass is 506 g/mol. The topological polar surface area (TPSA) is 55.8 Å². The number of pyridine rings is 1. The molecule has 2 atom stereocenters. The molecule has 0 spiro atoms. The summed E-state index contributed by atoms with van der Waals surface area (Å²) in [5.41, 5.74) is 0. The third-order valence-corrected chi connectivity index (χ3v) is 5.72. The summed E-state index contributed by atoms with van der Waals surface area (Å²) in [6.45, 7) is 7.39. The van der Waals surface area contributed by atoms with E-state index in [9.17, 15) is 0 Å². The summed E-state index contributed by atoms with van der Waals surface area (Å²) in [6, 6.07) is 4.82. The minimum absolute atomic E-state index is 0. The number of likely N-dealkylation sites (tertiary alicyclic amines) is 1. The number of hydrogen-bond donors (Lipinski definition) is 2. The van der Waals surface area contributed by atoms with Crippen LogP contribution < -0.4 is 15.5 Å². The van der Waals surface area contributed by atoms with E-state index in [0.29, 0.717) is 17.1 Å². The van der Waals surface area contributed by atoms with Crippen LogP contribution in [0.3, 0.4) is 0 Å². The summed E-state index contributed by atoms with van der Waals surface area (Å²) in [6.07, 6.45) is 6.86. The maximum absolute atomic E-state index is 6.27. The molecule has 1 aromatic rings. The molecule has 0 amide bonds. The average molecular weight is 507 g/mol. The number of aliphatic imine (C=N–C) groups is 1. The van der Waals surface area contributed by atoms with Gasteiger partial charge in [-0.25, -0.2) is 4.98 Å². The highest BCUT2D eigenvalue weighted by molar-refractivity contribution is 14.0. The number of anilines is 1. The van der Waals surface area contributed by atoms with Gasteiger partial charge in [0.15, 0.2) is 5.96 Å². The second-order valence-corrected chi connectivity index (χ2v) is 7.67. The third kappa shape index (κ3) is 6.35. The largest absolute Gasteiger partial charge is 0.355 e. The summed E-state index contributed by atoms with van der Waals surface area (Å²) in [7, 11) is 1.83. The molecule has 2 aliphatic heterocycles. The van der Waals surface area contributed by atoms with E-state index in [1.54, 1.807) is 6.20 Å². The van der Waals surface area contributed by atoms with Crippen LogP contribution in [-0.2, 0) is 0 Å². The number of halogens is 2. The molecule has 8 heteroatoms. The number of aromatic nitrogens is 1. The molecule has 2 aliphatic rings. The lowest BCUT2D eigenvalue weighted by Crippen LogP contribution is -2.48. The highest BCUT2D eigenvalue weighted by Gasteiger charge is 2.25. The van der Waals surface area contributed by atoms with Crippen molar-refractivity contribution >= 4 is 47.4 Å². The standard InChI is InChI=1S/C19H31ClN6.HI/c1-15-6-3-4-11-25(15)13-10-23-19(21-2)24-16-8-12-26(14-16)18-17(20)7-5-9-22-18;/h5,7,9,15-16H,3-4,6,8,10-14H2,1-2H3,(H2,21,23,24);1H. The van der Waals surface area contributed by atoms with Crippen LogP contribution in [-0.4, -0.2) is 67.7 Å². The molecule has 3 heterocycles. The predicted octanol–water partition coefficient (Wildman–Crippen LogP) is 2.97. The first kappa shape index (κ1) is 22.5. The van der Waals surface area contributed by atoms with Gasteiger partial charge in [0.05, 0.1) is 5.02 Å². The third-order valence-electron chi connectivity index (χ3n) is 5.42. The molecule has 152 valence electrons. The van der Waals surface area contributed by atoms with Gasteiger partial charge in [-0.15, -0.1) is 24.0 Å². The molecule has 1 aromatic heterocycles. The van der Waals surface area contributed by atoms with Gasteiger partial charge in [0.25, 0.3) is 0 Å². The van der Waals surface area contributed by atoms with E-state index in [4.69, 9.17) is 11.6 Å². The fourth-order valence-corrected chi connectivity index (χ4v) is 4.12. The number of nitrogens with zero attached hydrogens (tertiary/aromatic N) is 4. The number of rotatable bonds is 5. The molecular formula is C19H32ClIN6. The van der Waals surface area contributed by atoms with E-state index in [1.807, 2.05) is 19.2 Å². The van der Waals surface area contributed by atoms with Crippen molar-refractivity contribution in [3.63, 3.8) is 0 Å². The van der Waals surface area contributed by atoms with E-state index >= 15 is 0 Å². The number of piperidine rings is 1. The van der Waals surface area contributed by atoms with Crippen LogP contribution in [0.25, 0.3) is 0 Å². The quantitative estimate of drug-likeness (QED) is 0.365. The highest BCUT2D eigenvalue weighted by Crippen LogP contribution is 2.25. The van der Waals surface area contributed by atoms with Gasteiger partial charge in [-0.3, -0.25) is 9.89 Å². The number of guanidine groups is 1. The zero-order valence-corrected chi connectivity index (χ0v) is 19.4. The Morgan fingerprint density at radius 2 is 2.19 bits per heavy atom. The molecular weight excluding hydrogens is 475 g/mol. The SMILES string of the molecule is CN=C(NCCN1CCCCC1C)NC1CCN(c2ncccc2Cl)C1.I. The van der Waals surface area contributed by atoms with E-state index in [-0.39, 0.29) is 24.0 Å². The molecule has 3 rings (SSSR count). The molecule has 2 fully saturated rings. The Morgan fingerprint density at radius 1 is 1.33 bits per heavy atom. The normalized spacial score (nSPS) is 23.8. The summed E-state index contributed by atoms with van der Waals surface area (Å²) < 4.78 is 0. The first-order valence-corrected chi connectivity index (χ1v) is 10.1. The van der Waals surface area contributed by atoms with Crippen molar-refractivity contribution in [1.29, 1.82) is 0 Å². The van der Waals surface area contributed by atoms with Crippen molar-refractivity contribution < 1.29 is 0 Å². The maximum atomic E-state index is 6.27. The zero-order valence-electron chi connectivity index (χ0n) is 16.3. The lowest BCUT2D eigenvalue weighted by Gasteiger charge is -2.33. The van der Waals surface area contributed by atoms with Crippen LogP contribution in [0.1, 0.15) is 32.6 Å². The maximum Gasteiger partial charge on any atom is 0.191 e. The second kappa shape index (κ2) is 11.3. The van der Waals surface area contributed by atoms with Crippen molar-refractivity contribution in [3.05, 3.63) is 23.4 Å². The average Bonchev–Trinajstić information content (AvgIpc) is 3.11. The van der Waals surface area contributed by atoms with Gasteiger partial charge in [-0.05, 0) is 44.9 Å². The Kier molecular flexibility index (Phi) is 9.38. The minimum atomic E-state index is 0. The van der Waals surface area contributed by atoms with Crippen LogP contribution >= 0.6 is 35.6 Å². The lowest BCUT2D eigenvalue weighted by atomic mass is 10.0. The summed E-state index contributed by atoms with van der Waals surface area (Å²) in [4.78, 5) is 13.6. The number of hydrogen-bond acceptors (Lipinski definition) is 4. The van der Waals surface area contributed by atoms with Crippen LogP contribution in [0.2, 0.25) is 5.02 Å². The fraction of sp³-hybridized carbons (Fsp3) is 0.684. The molecule has 0 radical (unpaired) electrons. The number of nitrogens with one attached hydrogen (secondary N) is 2. The van der Waals surface area contributed by atoms with Crippen molar-refractivity contribution in [2.24, 2.45) is 4.99 Å². The van der Waals surface area contributed by atoms with Crippen molar-refractivity contribution in [2.45, 2.75) is 44.7 Å². The molecule has 0 aromatic carbocycles. The van der Waals surface area contributed by atoms with E-state index in [2.05, 4.69) is 37.3 Å². The van der Waals surface area contributed by atoms with Crippen LogP contribution in [0.4, 0.5) is 5.82 Å². The van der Waals surface area contributed by atoms with Gasteiger partial charge >= 0.3 is 0 Å². The van der Waals surface area contributed by atoms with Crippen molar-refractivity contribution in [2.75, 3.05) is 44.7 Å². The minimum Gasteiger partial charge on any atom is -0.355 e. The Labute approximate surface area is 185 Å². The van der Waals surface area contributed by atoms with Crippen LogP contribution in [0, 0.1) is 0 Å². The first-order chi connectivity index (χ1) is 12.7. The molecule has 2 unspecified atom stereocenters. The van der Waals surface area contributed by atoms with Gasteiger partial charge in [-0.1, -0.05) is 18.0 Å². The van der Waals surface area contributed by atoms with Crippen LogP contribution in [0.5, 0.6) is 0 Å². The van der Waals surface area contributed by atoms with E-state index in [0.717, 1.165) is 44.4 Å². The Morgan fingerprint density at radius 3 is 2.93 bits per heavy atom. The lowest BCUT2D eigenvalue weighted by molar-refractivity contribution is 0.163. The molecule has 0 aliphatic carbocycles. The van der Waals surface area contributed by atoms with Gasteiger partial charge in [0, 0.05) is 51.5 Å². The molecule has 2 N–H and O–H groups in total. The first-order valence-electron chi connectivity index (χ1n) is 9.74. The fourth-order valence-electron chi connectivity index (χ4n) is 3.88.